The van der Waals surface area contributed by atoms with Gasteiger partial charge in [0.2, 0.25) is 0 Å². The largest absolute Gasteiger partial charge is 0.481 e. The summed E-state index contributed by atoms with van der Waals surface area (Å²) in [7, 11) is 0. The Morgan fingerprint density at radius 1 is 1.33 bits per heavy atom. The predicted octanol–water partition coefficient (Wildman–Crippen LogP) is 3.53. The number of amides is 2. The van der Waals surface area contributed by atoms with Crippen LogP contribution in [0.25, 0.3) is 0 Å². The fourth-order valence-corrected chi connectivity index (χ4v) is 2.93. The van der Waals surface area contributed by atoms with Crippen molar-refractivity contribution in [1.29, 1.82) is 0 Å². The van der Waals surface area contributed by atoms with Crippen molar-refractivity contribution in [3.8, 4) is 0 Å². The number of hydrogen-bond donors (Lipinski definition) is 3. The number of carboxylic acids is 1. The molecule has 1 rings (SSSR count). The van der Waals surface area contributed by atoms with Crippen LogP contribution in [-0.4, -0.2) is 23.1 Å². The van der Waals surface area contributed by atoms with Crippen LogP contribution in [0.3, 0.4) is 0 Å². The Kier molecular flexibility index (Phi) is 7.82. The van der Waals surface area contributed by atoms with Crippen LogP contribution in [0.4, 0.5) is 4.79 Å². The first-order valence-corrected chi connectivity index (χ1v) is 8.23. The number of nitrogens with one attached hydrogen (secondary N) is 2. The summed E-state index contributed by atoms with van der Waals surface area (Å²) in [4.78, 5) is 23.6. The third-order valence-electron chi connectivity index (χ3n) is 3.17. The smallest absolute Gasteiger partial charge is 0.315 e. The van der Waals surface area contributed by atoms with Gasteiger partial charge in [0, 0.05) is 17.3 Å². The first-order chi connectivity index (χ1) is 10.0. The van der Waals surface area contributed by atoms with E-state index in [4.69, 9.17) is 5.11 Å². The summed E-state index contributed by atoms with van der Waals surface area (Å²) in [6.45, 7) is 3.98. The number of thiophene rings is 1. The van der Waals surface area contributed by atoms with E-state index >= 15 is 0 Å². The van der Waals surface area contributed by atoms with Crippen LogP contribution in [0, 0.1) is 0 Å². The third kappa shape index (κ3) is 7.13. The van der Waals surface area contributed by atoms with E-state index in [2.05, 4.69) is 17.6 Å². The molecule has 3 N–H and O–H groups in total. The van der Waals surface area contributed by atoms with Crippen molar-refractivity contribution < 1.29 is 14.7 Å². The molecule has 0 saturated heterocycles. The summed E-state index contributed by atoms with van der Waals surface area (Å²) in [5, 5.41) is 16.5. The van der Waals surface area contributed by atoms with Gasteiger partial charge < -0.3 is 15.7 Å². The monoisotopic (exact) mass is 312 g/mol. The fourth-order valence-electron chi connectivity index (χ4n) is 2.12. The number of carboxylic acid groups (broad SMARTS) is 1. The van der Waals surface area contributed by atoms with Crippen molar-refractivity contribution in [3.63, 3.8) is 0 Å². The Hall–Kier alpha value is -1.56. The Morgan fingerprint density at radius 3 is 2.67 bits per heavy atom. The predicted molar refractivity (Wildman–Crippen MR) is 84.6 cm³/mol. The molecule has 0 aliphatic rings. The van der Waals surface area contributed by atoms with E-state index in [9.17, 15) is 9.59 Å². The van der Waals surface area contributed by atoms with Gasteiger partial charge in [0.15, 0.2) is 0 Å². The van der Waals surface area contributed by atoms with E-state index in [0.717, 1.165) is 17.7 Å². The molecule has 1 aromatic rings. The molecule has 0 spiro atoms. The lowest BCUT2D eigenvalue weighted by atomic mass is 10.1. The minimum absolute atomic E-state index is 0.0324. The summed E-state index contributed by atoms with van der Waals surface area (Å²) in [5.74, 6) is -0.799. The van der Waals surface area contributed by atoms with E-state index in [1.165, 1.54) is 0 Å². The average molecular weight is 312 g/mol. The van der Waals surface area contributed by atoms with Gasteiger partial charge in [-0.2, -0.15) is 0 Å². The normalized spacial score (nSPS) is 13.4. The number of carbonyl (C=O) groups excluding carboxylic acids is 1. The van der Waals surface area contributed by atoms with Crippen molar-refractivity contribution in [2.24, 2.45) is 0 Å². The maximum atomic E-state index is 12.0. The number of carbonyl (C=O) groups is 2. The van der Waals surface area contributed by atoms with Crippen molar-refractivity contribution in [2.75, 3.05) is 0 Å². The Bertz CT molecular complexity index is 434. The average Bonchev–Trinajstić information content (AvgIpc) is 2.91. The van der Waals surface area contributed by atoms with E-state index in [1.807, 2.05) is 24.4 Å². The van der Waals surface area contributed by atoms with Gasteiger partial charge in [-0.25, -0.2) is 4.79 Å². The highest BCUT2D eigenvalue weighted by atomic mass is 32.1. The summed E-state index contributed by atoms with van der Waals surface area (Å²) in [5.41, 5.74) is 0. The zero-order valence-electron chi connectivity index (χ0n) is 12.6. The fraction of sp³-hybridized carbons (Fsp3) is 0.600. The summed E-state index contributed by atoms with van der Waals surface area (Å²) < 4.78 is 0. The first-order valence-electron chi connectivity index (χ1n) is 7.35. The number of aliphatic carboxylic acids is 1. The van der Waals surface area contributed by atoms with Crippen molar-refractivity contribution >= 4 is 23.3 Å². The topological polar surface area (TPSA) is 78.4 Å². The maximum absolute atomic E-state index is 12.0. The Morgan fingerprint density at radius 2 is 2.10 bits per heavy atom. The molecule has 0 radical (unpaired) electrons. The van der Waals surface area contributed by atoms with E-state index in [-0.39, 0.29) is 24.5 Å². The maximum Gasteiger partial charge on any atom is 0.315 e. The van der Waals surface area contributed by atoms with Crippen LogP contribution >= 0.6 is 11.3 Å². The molecule has 0 aliphatic carbocycles. The van der Waals surface area contributed by atoms with Gasteiger partial charge in [-0.3, -0.25) is 4.79 Å². The molecule has 21 heavy (non-hydrogen) atoms. The number of urea groups is 1. The standard InChI is InChI=1S/C15H24N2O3S/c1-3-6-12(13-8-5-10-21-13)17-15(20)16-11(2)7-4-9-14(18)19/h5,8,10-12H,3-4,6-7,9H2,1-2H3,(H,18,19)(H2,16,17,20). The van der Waals surface area contributed by atoms with Crippen LogP contribution in [0.1, 0.15) is 56.9 Å². The molecular formula is C15H24N2O3S. The molecule has 2 unspecified atom stereocenters. The van der Waals surface area contributed by atoms with Gasteiger partial charge in [-0.1, -0.05) is 19.4 Å². The molecule has 6 heteroatoms. The van der Waals surface area contributed by atoms with Gasteiger partial charge in [-0.05, 0) is 37.6 Å². The number of hydrogen-bond acceptors (Lipinski definition) is 3. The summed E-state index contributed by atoms with van der Waals surface area (Å²) in [6.07, 6.45) is 3.27. The highest BCUT2D eigenvalue weighted by Crippen LogP contribution is 2.23. The third-order valence-corrected chi connectivity index (χ3v) is 4.16. The van der Waals surface area contributed by atoms with Crippen molar-refractivity contribution in [2.45, 2.75) is 58.0 Å². The molecule has 5 nitrogen and oxygen atoms in total. The molecule has 0 bridgehead atoms. The molecule has 2 amide bonds. The molecule has 1 heterocycles. The van der Waals surface area contributed by atoms with Gasteiger partial charge >= 0.3 is 12.0 Å². The van der Waals surface area contributed by atoms with E-state index < -0.39 is 5.97 Å². The van der Waals surface area contributed by atoms with Gasteiger partial charge in [-0.15, -0.1) is 11.3 Å². The highest BCUT2D eigenvalue weighted by molar-refractivity contribution is 7.10. The second kappa shape index (κ2) is 9.39. The molecule has 0 fully saturated rings. The van der Waals surface area contributed by atoms with Gasteiger partial charge in [0.05, 0.1) is 6.04 Å². The van der Waals surface area contributed by atoms with E-state index in [1.54, 1.807) is 11.3 Å². The Balaban J connectivity index is 2.38. The van der Waals surface area contributed by atoms with Crippen molar-refractivity contribution in [3.05, 3.63) is 22.4 Å². The second-order valence-electron chi connectivity index (χ2n) is 5.16. The quantitative estimate of drug-likeness (QED) is 0.652. The lowest BCUT2D eigenvalue weighted by Gasteiger charge is -2.20. The van der Waals surface area contributed by atoms with Crippen LogP contribution in [0.15, 0.2) is 17.5 Å². The first kappa shape index (κ1) is 17.5. The lowest BCUT2D eigenvalue weighted by molar-refractivity contribution is -0.137. The molecule has 0 saturated carbocycles. The minimum atomic E-state index is -0.799. The Labute approximate surface area is 129 Å². The summed E-state index contributed by atoms with van der Waals surface area (Å²) in [6, 6.07) is 3.83. The molecular weight excluding hydrogens is 288 g/mol. The number of rotatable bonds is 9. The van der Waals surface area contributed by atoms with Gasteiger partial charge in [0.1, 0.15) is 0 Å². The highest BCUT2D eigenvalue weighted by Gasteiger charge is 2.15. The molecule has 118 valence electrons. The summed E-state index contributed by atoms with van der Waals surface area (Å²) >= 11 is 1.64. The zero-order valence-corrected chi connectivity index (χ0v) is 13.4. The van der Waals surface area contributed by atoms with Crippen molar-refractivity contribution in [1.82, 2.24) is 10.6 Å². The molecule has 1 aromatic heterocycles. The molecule has 0 aliphatic heterocycles. The van der Waals surface area contributed by atoms with Crippen LogP contribution < -0.4 is 10.6 Å². The second-order valence-corrected chi connectivity index (χ2v) is 6.14. The van der Waals surface area contributed by atoms with E-state index in [0.29, 0.717) is 12.8 Å². The minimum Gasteiger partial charge on any atom is -0.481 e. The van der Waals surface area contributed by atoms with Crippen LogP contribution in [0.5, 0.6) is 0 Å². The SMILES string of the molecule is CCCC(NC(=O)NC(C)CCCC(=O)O)c1cccs1. The lowest BCUT2D eigenvalue weighted by Crippen LogP contribution is -2.42. The molecule has 0 aromatic carbocycles. The zero-order chi connectivity index (χ0) is 15.7. The van der Waals surface area contributed by atoms with Gasteiger partial charge in [0.25, 0.3) is 0 Å². The van der Waals surface area contributed by atoms with Crippen LogP contribution in [-0.2, 0) is 4.79 Å². The molecule has 2 atom stereocenters. The van der Waals surface area contributed by atoms with Crippen LogP contribution in [0.2, 0.25) is 0 Å².